The van der Waals surface area contributed by atoms with Gasteiger partial charge in [0.05, 0.1) is 0 Å². The van der Waals surface area contributed by atoms with Crippen LogP contribution >= 0.6 is 0 Å². The van der Waals surface area contributed by atoms with Crippen molar-refractivity contribution in [2.45, 2.75) is 51.3 Å². The van der Waals surface area contributed by atoms with Gasteiger partial charge in [-0.3, -0.25) is 4.90 Å². The molecule has 0 saturated carbocycles. The first-order chi connectivity index (χ1) is 10.6. The van der Waals surface area contributed by atoms with E-state index in [9.17, 15) is 5.11 Å². The summed E-state index contributed by atoms with van der Waals surface area (Å²) in [5, 5.41) is 10.3. The zero-order valence-corrected chi connectivity index (χ0v) is 13.3. The van der Waals surface area contributed by atoms with Crippen molar-refractivity contribution >= 4 is 0 Å². The molecule has 0 unspecified atom stereocenters. The van der Waals surface area contributed by atoms with Crippen molar-refractivity contribution in [1.82, 2.24) is 4.90 Å². The van der Waals surface area contributed by atoms with Crippen LogP contribution in [0.2, 0.25) is 0 Å². The summed E-state index contributed by atoms with van der Waals surface area (Å²) in [7, 11) is 0. The maximum Gasteiger partial charge on any atom is 0.231 e. The molecule has 2 aliphatic heterocycles. The van der Waals surface area contributed by atoms with Gasteiger partial charge in [0.25, 0.3) is 0 Å². The van der Waals surface area contributed by atoms with Crippen molar-refractivity contribution in [3.63, 3.8) is 0 Å². The fourth-order valence-electron chi connectivity index (χ4n) is 3.29. The molecular weight excluding hydrogens is 282 g/mol. The largest absolute Gasteiger partial charge is 0.491 e. The molecule has 1 saturated heterocycles. The van der Waals surface area contributed by atoms with Gasteiger partial charge in [0, 0.05) is 24.7 Å². The molecule has 122 valence electrons. The molecule has 2 heterocycles. The number of nitrogens with zero attached hydrogens (tertiary/aromatic N) is 1. The van der Waals surface area contributed by atoms with Crippen molar-refractivity contribution in [1.29, 1.82) is 0 Å². The number of piperidine rings is 1. The number of likely N-dealkylation sites (tertiary alicyclic amines) is 1. The van der Waals surface area contributed by atoms with E-state index < -0.39 is 6.10 Å². The third-order valence-corrected chi connectivity index (χ3v) is 4.58. The number of hydrogen-bond donors (Lipinski definition) is 1. The number of benzene rings is 1. The van der Waals surface area contributed by atoms with E-state index in [2.05, 4.69) is 18.7 Å². The van der Waals surface area contributed by atoms with Crippen molar-refractivity contribution in [2.75, 3.05) is 19.9 Å². The highest BCUT2D eigenvalue weighted by atomic mass is 16.7. The van der Waals surface area contributed by atoms with Crippen LogP contribution in [-0.4, -0.2) is 48.1 Å². The third-order valence-electron chi connectivity index (χ3n) is 4.58. The summed E-state index contributed by atoms with van der Waals surface area (Å²) in [4.78, 5) is 2.39. The molecule has 0 amide bonds. The van der Waals surface area contributed by atoms with E-state index in [1.165, 1.54) is 19.3 Å². The summed E-state index contributed by atoms with van der Waals surface area (Å²) >= 11 is 0. The van der Waals surface area contributed by atoms with Crippen LogP contribution in [0.5, 0.6) is 17.2 Å². The SMILES string of the molecule is C[C@@H]1CCC[C@@H](C)N1C[C@@H](O)COc1ccc2c(c1)OCO2. The monoisotopic (exact) mass is 307 g/mol. The Labute approximate surface area is 131 Å². The first-order valence-electron chi connectivity index (χ1n) is 8.09. The number of aliphatic hydroxyl groups is 1. The predicted molar refractivity (Wildman–Crippen MR) is 83.5 cm³/mol. The highest BCUT2D eigenvalue weighted by Gasteiger charge is 2.26. The lowest BCUT2D eigenvalue weighted by atomic mass is 9.97. The molecule has 0 aliphatic carbocycles. The van der Waals surface area contributed by atoms with E-state index in [0.717, 1.165) is 5.75 Å². The molecule has 1 aromatic carbocycles. The van der Waals surface area contributed by atoms with Gasteiger partial charge in [-0.15, -0.1) is 0 Å². The molecule has 1 N–H and O–H groups in total. The average molecular weight is 307 g/mol. The van der Waals surface area contributed by atoms with Gasteiger partial charge in [0.1, 0.15) is 18.5 Å². The Morgan fingerprint density at radius 1 is 1.23 bits per heavy atom. The second-order valence-corrected chi connectivity index (χ2v) is 6.31. The summed E-state index contributed by atoms with van der Waals surface area (Å²) in [6.45, 7) is 5.68. The fourth-order valence-corrected chi connectivity index (χ4v) is 3.29. The quantitative estimate of drug-likeness (QED) is 0.905. The van der Waals surface area contributed by atoms with Gasteiger partial charge in [0.2, 0.25) is 6.79 Å². The van der Waals surface area contributed by atoms with Crippen LogP contribution in [0.15, 0.2) is 18.2 Å². The van der Waals surface area contributed by atoms with E-state index >= 15 is 0 Å². The molecule has 3 atom stereocenters. The third kappa shape index (κ3) is 3.47. The van der Waals surface area contributed by atoms with Gasteiger partial charge in [-0.1, -0.05) is 6.42 Å². The summed E-state index contributed by atoms with van der Waals surface area (Å²) in [6.07, 6.45) is 3.21. The van der Waals surface area contributed by atoms with Crippen LogP contribution < -0.4 is 14.2 Å². The lowest BCUT2D eigenvalue weighted by Crippen LogP contribution is -2.48. The van der Waals surface area contributed by atoms with E-state index in [4.69, 9.17) is 14.2 Å². The number of β-amino-alcohol motifs (C(OH)–C–C–N with tert-alkyl or cyclic N) is 1. The minimum absolute atomic E-state index is 0.256. The Morgan fingerprint density at radius 3 is 2.73 bits per heavy atom. The summed E-state index contributed by atoms with van der Waals surface area (Å²) in [5.41, 5.74) is 0. The molecule has 0 aromatic heterocycles. The van der Waals surface area contributed by atoms with Gasteiger partial charge >= 0.3 is 0 Å². The normalized spacial score (nSPS) is 26.0. The van der Waals surface area contributed by atoms with E-state index in [0.29, 0.717) is 30.1 Å². The van der Waals surface area contributed by atoms with Gasteiger partial charge < -0.3 is 19.3 Å². The molecule has 5 heteroatoms. The Kier molecular flexibility index (Phi) is 4.74. The minimum atomic E-state index is -0.492. The molecule has 0 spiro atoms. The maximum atomic E-state index is 10.3. The zero-order chi connectivity index (χ0) is 15.5. The second-order valence-electron chi connectivity index (χ2n) is 6.31. The lowest BCUT2D eigenvalue weighted by Gasteiger charge is -2.40. The van der Waals surface area contributed by atoms with Crippen molar-refractivity contribution in [3.05, 3.63) is 18.2 Å². The highest BCUT2D eigenvalue weighted by Crippen LogP contribution is 2.35. The fraction of sp³-hybridized carbons (Fsp3) is 0.647. The van der Waals surface area contributed by atoms with Crippen LogP contribution in [0.25, 0.3) is 0 Å². The van der Waals surface area contributed by atoms with Crippen molar-refractivity contribution in [3.8, 4) is 17.2 Å². The molecule has 1 fully saturated rings. The van der Waals surface area contributed by atoms with Gasteiger partial charge in [0.15, 0.2) is 11.5 Å². The smallest absolute Gasteiger partial charge is 0.231 e. The van der Waals surface area contributed by atoms with Crippen molar-refractivity contribution in [2.24, 2.45) is 0 Å². The topological polar surface area (TPSA) is 51.2 Å². The number of hydrogen-bond acceptors (Lipinski definition) is 5. The molecule has 0 radical (unpaired) electrons. The first-order valence-corrected chi connectivity index (χ1v) is 8.09. The van der Waals surface area contributed by atoms with Crippen LogP contribution in [0, 0.1) is 0 Å². The van der Waals surface area contributed by atoms with Crippen molar-refractivity contribution < 1.29 is 19.3 Å². The number of aliphatic hydroxyl groups excluding tert-OH is 1. The Hall–Kier alpha value is -1.46. The highest BCUT2D eigenvalue weighted by molar-refractivity contribution is 5.46. The Morgan fingerprint density at radius 2 is 1.95 bits per heavy atom. The van der Waals surface area contributed by atoms with E-state index in [1.807, 2.05) is 12.1 Å². The van der Waals surface area contributed by atoms with Gasteiger partial charge in [-0.2, -0.15) is 0 Å². The predicted octanol–water partition coefficient (Wildman–Crippen LogP) is 2.42. The number of ether oxygens (including phenoxy) is 3. The van der Waals surface area contributed by atoms with Crippen LogP contribution in [-0.2, 0) is 0 Å². The lowest BCUT2D eigenvalue weighted by molar-refractivity contribution is 0.0208. The molecule has 1 aromatic rings. The average Bonchev–Trinajstić information content (AvgIpc) is 2.96. The number of fused-ring (bicyclic) bond motifs is 1. The molecule has 3 rings (SSSR count). The minimum Gasteiger partial charge on any atom is -0.491 e. The molecule has 2 aliphatic rings. The molecule has 22 heavy (non-hydrogen) atoms. The standard InChI is InChI=1S/C17H25NO4/c1-12-4-3-5-13(2)18(12)9-14(19)10-20-15-6-7-16-17(8-15)22-11-21-16/h6-8,12-14,19H,3-5,9-11H2,1-2H3/t12-,13-,14-/m1/s1. The molecular formula is C17H25NO4. The van der Waals surface area contributed by atoms with E-state index in [1.54, 1.807) is 6.07 Å². The second kappa shape index (κ2) is 6.75. The van der Waals surface area contributed by atoms with Gasteiger partial charge in [-0.25, -0.2) is 0 Å². The zero-order valence-electron chi connectivity index (χ0n) is 13.3. The maximum absolute atomic E-state index is 10.3. The van der Waals surface area contributed by atoms with Gasteiger partial charge in [-0.05, 0) is 38.8 Å². The van der Waals surface area contributed by atoms with Crippen LogP contribution in [0.1, 0.15) is 33.1 Å². The molecule has 0 bridgehead atoms. The summed E-state index contributed by atoms with van der Waals surface area (Å²) in [6, 6.07) is 6.54. The Balaban J connectivity index is 1.50. The first kappa shape index (κ1) is 15.4. The number of rotatable bonds is 5. The van der Waals surface area contributed by atoms with Crippen LogP contribution in [0.3, 0.4) is 0 Å². The summed E-state index contributed by atoms with van der Waals surface area (Å²) < 4.78 is 16.3. The van der Waals surface area contributed by atoms with Crippen LogP contribution in [0.4, 0.5) is 0 Å². The Bertz CT molecular complexity index is 497. The summed E-state index contributed by atoms with van der Waals surface area (Å²) in [5.74, 6) is 2.14. The molecule has 5 nitrogen and oxygen atoms in total. The van der Waals surface area contributed by atoms with E-state index in [-0.39, 0.29) is 13.4 Å².